The summed E-state index contributed by atoms with van der Waals surface area (Å²) in [6.45, 7) is 1.60. The van der Waals surface area contributed by atoms with Crippen LogP contribution in [-0.2, 0) is 16.1 Å². The number of nitriles is 1. The third-order valence-corrected chi connectivity index (χ3v) is 5.97. The molecule has 1 aromatic heterocycles. The quantitative estimate of drug-likeness (QED) is 0.357. The van der Waals surface area contributed by atoms with Crippen molar-refractivity contribution >= 4 is 59.9 Å². The van der Waals surface area contributed by atoms with Gasteiger partial charge in [-0.15, -0.1) is 0 Å². The topological polar surface area (TPSA) is 106 Å². The van der Waals surface area contributed by atoms with Gasteiger partial charge in [0.25, 0.3) is 5.91 Å². The maximum absolute atomic E-state index is 12.1. The molecule has 158 valence electrons. The Morgan fingerprint density at radius 1 is 1.30 bits per heavy atom. The second-order valence-electron chi connectivity index (χ2n) is 5.81. The molecule has 11 heteroatoms. The zero-order valence-electron chi connectivity index (χ0n) is 16.3. The van der Waals surface area contributed by atoms with Crippen molar-refractivity contribution in [3.63, 3.8) is 0 Å². The van der Waals surface area contributed by atoms with E-state index in [-0.39, 0.29) is 24.7 Å². The van der Waals surface area contributed by atoms with E-state index in [1.54, 1.807) is 26.2 Å². The first-order valence-electron chi connectivity index (χ1n) is 8.38. The van der Waals surface area contributed by atoms with Gasteiger partial charge in [0.15, 0.2) is 6.61 Å². The molecule has 0 saturated heterocycles. The van der Waals surface area contributed by atoms with E-state index in [0.29, 0.717) is 21.5 Å². The summed E-state index contributed by atoms with van der Waals surface area (Å²) in [5, 5.41) is 13.4. The Labute approximate surface area is 199 Å². The van der Waals surface area contributed by atoms with Crippen molar-refractivity contribution in [2.75, 3.05) is 20.8 Å². The van der Waals surface area contributed by atoms with Gasteiger partial charge in [-0.1, -0.05) is 0 Å². The highest BCUT2D eigenvalue weighted by Gasteiger charge is 2.18. The number of hydrogen-bond donors (Lipinski definition) is 1. The molecule has 0 aliphatic rings. The second-order valence-corrected chi connectivity index (χ2v) is 8.32. The number of nitrogens with one attached hydrogen (secondary N) is 1. The van der Waals surface area contributed by atoms with Crippen LogP contribution in [0, 0.1) is 18.3 Å². The van der Waals surface area contributed by atoms with Crippen LogP contribution in [0.4, 0.5) is 0 Å². The number of aromatic nitrogens is 1. The van der Waals surface area contributed by atoms with Gasteiger partial charge in [0.05, 0.1) is 34.6 Å². The smallest absolute Gasteiger partial charge is 0.278 e. The number of methoxy groups -OCH3 is 2. The maximum atomic E-state index is 12.1. The Balaban J connectivity index is 2.05. The molecule has 8 nitrogen and oxygen atoms in total. The molecule has 1 heterocycles. The zero-order valence-corrected chi connectivity index (χ0v) is 21.0. The lowest BCUT2D eigenvalue weighted by Crippen LogP contribution is -2.25. The summed E-state index contributed by atoms with van der Waals surface area (Å²) in [5.41, 5.74) is 4.54. The van der Waals surface area contributed by atoms with Gasteiger partial charge in [-0.05, 0) is 72.4 Å². The number of aryl methyl sites for hydroxylation is 1. The number of carbonyl (C=O) groups is 1. The van der Waals surface area contributed by atoms with Crippen LogP contribution >= 0.6 is 47.8 Å². The largest absolute Gasteiger partial charge is 0.494 e. The van der Waals surface area contributed by atoms with Crippen LogP contribution < -0.4 is 14.9 Å². The van der Waals surface area contributed by atoms with E-state index in [1.807, 2.05) is 6.07 Å². The molecule has 1 aromatic carbocycles. The zero-order chi connectivity index (χ0) is 22.3. The fourth-order valence-electron chi connectivity index (χ4n) is 2.41. The second kappa shape index (κ2) is 11.4. The standard InChI is InChI=1S/C19H17Br3N4O4/c1-10-17(22)13(8-28-2)12(6-23)19(25-10)30-9-16(27)26-24-7-11-4-14(20)18(29-3)15(21)5-11/h4-5,7H,8-9H2,1-3H3,(H,26,27)/b24-7-. The minimum Gasteiger partial charge on any atom is -0.494 e. The molecular weight excluding hydrogens is 588 g/mol. The number of amides is 1. The summed E-state index contributed by atoms with van der Waals surface area (Å²) in [6, 6.07) is 5.63. The predicted octanol–water partition coefficient (Wildman–Crippen LogP) is 4.23. The molecule has 2 rings (SSSR count). The molecule has 0 atom stereocenters. The molecule has 30 heavy (non-hydrogen) atoms. The number of hydrazone groups is 1. The lowest BCUT2D eigenvalue weighted by molar-refractivity contribution is -0.123. The van der Waals surface area contributed by atoms with Gasteiger partial charge in [0.1, 0.15) is 17.4 Å². The summed E-state index contributed by atoms with van der Waals surface area (Å²) in [5.74, 6) is 0.216. The third kappa shape index (κ3) is 6.01. The fraction of sp³-hybridized carbons (Fsp3) is 0.263. The van der Waals surface area contributed by atoms with E-state index in [9.17, 15) is 10.1 Å². The minimum atomic E-state index is -0.502. The van der Waals surface area contributed by atoms with Gasteiger partial charge in [-0.3, -0.25) is 4.79 Å². The summed E-state index contributed by atoms with van der Waals surface area (Å²) >= 11 is 10.2. The summed E-state index contributed by atoms with van der Waals surface area (Å²) in [6.07, 6.45) is 1.48. The van der Waals surface area contributed by atoms with E-state index in [4.69, 9.17) is 14.2 Å². The van der Waals surface area contributed by atoms with Gasteiger partial charge in [-0.2, -0.15) is 10.4 Å². The number of halogens is 3. The van der Waals surface area contributed by atoms with Crippen molar-refractivity contribution in [3.8, 4) is 17.7 Å². The molecule has 0 saturated carbocycles. The van der Waals surface area contributed by atoms with E-state index in [2.05, 4.69) is 63.3 Å². The molecule has 0 unspecified atom stereocenters. The molecule has 0 spiro atoms. The van der Waals surface area contributed by atoms with Crippen molar-refractivity contribution in [2.45, 2.75) is 13.5 Å². The average Bonchev–Trinajstić information content (AvgIpc) is 2.70. The normalized spacial score (nSPS) is 10.7. The Bertz CT molecular complexity index is 999. The molecule has 0 aliphatic carbocycles. The lowest BCUT2D eigenvalue weighted by atomic mass is 10.1. The van der Waals surface area contributed by atoms with Gasteiger partial charge in [0, 0.05) is 17.1 Å². The highest BCUT2D eigenvalue weighted by molar-refractivity contribution is 9.11. The van der Waals surface area contributed by atoms with Gasteiger partial charge >= 0.3 is 0 Å². The van der Waals surface area contributed by atoms with Crippen LogP contribution in [0.2, 0.25) is 0 Å². The fourth-order valence-corrected chi connectivity index (χ4v) is 4.36. The Morgan fingerprint density at radius 2 is 1.97 bits per heavy atom. The van der Waals surface area contributed by atoms with Crippen LogP contribution in [-0.4, -0.2) is 37.9 Å². The van der Waals surface area contributed by atoms with Gasteiger partial charge in [0.2, 0.25) is 5.88 Å². The first-order valence-corrected chi connectivity index (χ1v) is 10.8. The first-order chi connectivity index (χ1) is 14.3. The summed E-state index contributed by atoms with van der Waals surface area (Å²) in [7, 11) is 3.09. The van der Waals surface area contributed by atoms with E-state index < -0.39 is 5.91 Å². The monoisotopic (exact) mass is 602 g/mol. The molecule has 0 radical (unpaired) electrons. The Morgan fingerprint density at radius 3 is 2.53 bits per heavy atom. The van der Waals surface area contributed by atoms with Crippen molar-refractivity contribution in [3.05, 3.63) is 47.9 Å². The Hall–Kier alpha value is -2.00. The molecule has 0 fully saturated rings. The third-order valence-electron chi connectivity index (χ3n) is 3.74. The molecule has 2 aromatic rings. The van der Waals surface area contributed by atoms with Crippen molar-refractivity contribution < 1.29 is 19.0 Å². The van der Waals surface area contributed by atoms with Crippen molar-refractivity contribution in [2.24, 2.45) is 5.10 Å². The van der Waals surface area contributed by atoms with E-state index >= 15 is 0 Å². The summed E-state index contributed by atoms with van der Waals surface area (Å²) < 4.78 is 18.0. The highest BCUT2D eigenvalue weighted by atomic mass is 79.9. The van der Waals surface area contributed by atoms with Crippen LogP contribution in [0.25, 0.3) is 0 Å². The van der Waals surface area contributed by atoms with Gasteiger partial charge in [-0.25, -0.2) is 10.4 Å². The summed E-state index contributed by atoms with van der Waals surface area (Å²) in [4.78, 5) is 16.3. The molecule has 1 N–H and O–H groups in total. The molecule has 0 bridgehead atoms. The molecule has 1 amide bonds. The van der Waals surface area contributed by atoms with Gasteiger partial charge < -0.3 is 14.2 Å². The number of pyridine rings is 1. The number of rotatable bonds is 8. The van der Waals surface area contributed by atoms with Crippen LogP contribution in [0.1, 0.15) is 22.4 Å². The van der Waals surface area contributed by atoms with Crippen LogP contribution in [0.15, 0.2) is 30.7 Å². The number of hydrogen-bond acceptors (Lipinski definition) is 7. The number of ether oxygens (including phenoxy) is 3. The van der Waals surface area contributed by atoms with Crippen LogP contribution in [0.5, 0.6) is 11.6 Å². The Kier molecular flexibility index (Phi) is 9.23. The number of carbonyl (C=O) groups excluding carboxylic acids is 1. The van der Waals surface area contributed by atoms with E-state index in [1.165, 1.54) is 13.3 Å². The van der Waals surface area contributed by atoms with Crippen molar-refractivity contribution in [1.29, 1.82) is 5.26 Å². The molecule has 0 aliphatic heterocycles. The lowest BCUT2D eigenvalue weighted by Gasteiger charge is -2.13. The maximum Gasteiger partial charge on any atom is 0.278 e. The van der Waals surface area contributed by atoms with Crippen molar-refractivity contribution in [1.82, 2.24) is 10.4 Å². The molecular formula is C19H17Br3N4O4. The van der Waals surface area contributed by atoms with E-state index in [0.717, 1.165) is 14.5 Å². The average molecular weight is 605 g/mol. The first kappa shape index (κ1) is 24.3. The predicted molar refractivity (Wildman–Crippen MR) is 122 cm³/mol. The number of benzene rings is 1. The van der Waals surface area contributed by atoms with Crippen LogP contribution in [0.3, 0.4) is 0 Å². The SMILES string of the molecule is COCc1c(Br)c(C)nc(OCC(=O)N/N=C\c2cc(Br)c(OC)c(Br)c2)c1C#N. The number of nitrogens with zero attached hydrogens (tertiary/aromatic N) is 3. The highest BCUT2D eigenvalue weighted by Crippen LogP contribution is 2.34. The minimum absolute atomic E-state index is 0.0624.